The maximum atomic E-state index is 13.4. The van der Waals surface area contributed by atoms with E-state index in [2.05, 4.69) is 15.5 Å². The lowest BCUT2D eigenvalue weighted by molar-refractivity contribution is -0.689. The number of carboxylic acids is 1. The number of aromatic nitrogens is 2. The predicted octanol–water partition coefficient (Wildman–Crippen LogP) is 1.12. The van der Waals surface area contributed by atoms with E-state index in [0.717, 1.165) is 11.3 Å². The van der Waals surface area contributed by atoms with E-state index in [0.29, 0.717) is 17.9 Å². The molecule has 0 unspecified atom stereocenters. The molecule has 2 aliphatic heterocycles. The molecule has 2 aliphatic rings. The number of nitrogen functional groups attached to an aromatic ring is 1. The number of amides is 2. The fourth-order valence-corrected chi connectivity index (χ4v) is 5.86. The number of anilines is 1. The molecule has 226 valence electrons. The second-order valence-corrected chi connectivity index (χ2v) is 12.8. The van der Waals surface area contributed by atoms with Crippen LogP contribution in [-0.4, -0.2) is 78.3 Å². The van der Waals surface area contributed by atoms with E-state index < -0.39 is 46.4 Å². The van der Waals surface area contributed by atoms with Gasteiger partial charge in [-0.05, 0) is 34.6 Å². The maximum absolute atomic E-state index is 13.4. The molecule has 0 aromatic carbocycles. The molecule has 2 atom stereocenters. The first kappa shape index (κ1) is 32.5. The average Bonchev–Trinajstić information content (AvgIpc) is 3.32. The Morgan fingerprint density at radius 1 is 1.21 bits per heavy atom. The number of nitrogens with one attached hydrogen (secondary N) is 1. The molecule has 14 nitrogen and oxygen atoms in total. The number of carboxylic acid groups (broad SMARTS) is 1. The minimum absolute atomic E-state index is 0. The number of carbonyl (C=O) groups excluding carboxylic acids is 3. The number of β-lactam (4-membered cyclic amide) rings is 1. The van der Waals surface area contributed by atoms with Gasteiger partial charge in [-0.2, -0.15) is 0 Å². The molecule has 0 saturated carbocycles. The van der Waals surface area contributed by atoms with Crippen LogP contribution in [0.5, 0.6) is 0 Å². The van der Waals surface area contributed by atoms with E-state index in [1.807, 2.05) is 35.2 Å². The van der Waals surface area contributed by atoms with Crippen molar-refractivity contribution in [2.45, 2.75) is 63.8 Å². The summed E-state index contributed by atoms with van der Waals surface area (Å²) in [5.41, 5.74) is 3.68. The summed E-state index contributed by atoms with van der Waals surface area (Å²) < 4.78 is 7.19. The summed E-state index contributed by atoms with van der Waals surface area (Å²) in [6.07, 6.45) is 3.62. The Kier molecular flexibility index (Phi) is 9.64. The van der Waals surface area contributed by atoms with Gasteiger partial charge in [-0.15, -0.1) is 23.1 Å². The molecule has 0 spiro atoms. The number of aliphatic carboxylic acids is 1. The van der Waals surface area contributed by atoms with Gasteiger partial charge in [0, 0.05) is 28.8 Å². The van der Waals surface area contributed by atoms with Crippen molar-refractivity contribution in [1.82, 2.24) is 15.2 Å². The van der Waals surface area contributed by atoms with Gasteiger partial charge in [0.25, 0.3) is 11.8 Å². The number of hydrogen-bond acceptors (Lipinski definition) is 12. The van der Waals surface area contributed by atoms with Crippen LogP contribution in [0.15, 0.2) is 52.4 Å². The zero-order valence-corrected chi connectivity index (χ0v) is 25.2. The lowest BCUT2D eigenvalue weighted by atomic mass is 10.0. The summed E-state index contributed by atoms with van der Waals surface area (Å²) in [5.74, 6) is -2.96. The monoisotopic (exact) mass is 620 g/mol. The third-order valence-electron chi connectivity index (χ3n) is 5.92. The van der Waals surface area contributed by atoms with Crippen LogP contribution >= 0.6 is 23.1 Å². The third kappa shape index (κ3) is 7.06. The predicted molar refractivity (Wildman–Crippen MR) is 152 cm³/mol. The second-order valence-electron chi connectivity index (χ2n) is 10.8. The fourth-order valence-electron chi connectivity index (χ4n) is 3.97. The highest BCUT2D eigenvalue weighted by molar-refractivity contribution is 8.00. The van der Waals surface area contributed by atoms with E-state index in [9.17, 15) is 24.3 Å². The lowest BCUT2D eigenvalue weighted by Crippen LogP contribution is -2.71. The van der Waals surface area contributed by atoms with E-state index >= 15 is 0 Å². The largest absolute Gasteiger partial charge is 0.870 e. The van der Waals surface area contributed by atoms with Crippen molar-refractivity contribution in [3.63, 3.8) is 0 Å². The van der Waals surface area contributed by atoms with Crippen LogP contribution in [0.2, 0.25) is 0 Å². The number of nitrogens with zero attached hydrogens (tertiary/aromatic N) is 4. The van der Waals surface area contributed by atoms with Crippen LogP contribution in [0, 0.1) is 0 Å². The molecule has 1 fully saturated rings. The van der Waals surface area contributed by atoms with Gasteiger partial charge in [0.05, 0.1) is 0 Å². The molecular weight excluding hydrogens is 588 g/mol. The van der Waals surface area contributed by atoms with Crippen molar-refractivity contribution in [2.24, 2.45) is 5.16 Å². The van der Waals surface area contributed by atoms with Crippen molar-refractivity contribution >= 4 is 57.7 Å². The molecule has 0 aliphatic carbocycles. The van der Waals surface area contributed by atoms with Crippen LogP contribution in [0.1, 0.15) is 40.3 Å². The summed E-state index contributed by atoms with van der Waals surface area (Å²) >= 11 is 2.41. The summed E-state index contributed by atoms with van der Waals surface area (Å²) in [4.78, 5) is 62.1. The highest BCUT2D eigenvalue weighted by atomic mass is 32.2. The van der Waals surface area contributed by atoms with Gasteiger partial charge < -0.3 is 31.2 Å². The molecule has 5 N–H and O–H groups in total. The van der Waals surface area contributed by atoms with Gasteiger partial charge in [-0.1, -0.05) is 11.2 Å². The third-order valence-corrected chi connectivity index (χ3v) is 7.94. The van der Waals surface area contributed by atoms with Gasteiger partial charge in [-0.3, -0.25) is 14.5 Å². The van der Waals surface area contributed by atoms with Crippen LogP contribution in [0.3, 0.4) is 0 Å². The number of pyridine rings is 1. The van der Waals surface area contributed by atoms with Crippen molar-refractivity contribution in [1.29, 1.82) is 0 Å². The summed E-state index contributed by atoms with van der Waals surface area (Å²) in [5, 5.41) is 17.5. The highest BCUT2D eigenvalue weighted by Gasteiger charge is 2.55. The molecule has 42 heavy (non-hydrogen) atoms. The summed E-state index contributed by atoms with van der Waals surface area (Å²) in [6.45, 7) is 8.29. The van der Waals surface area contributed by atoms with Gasteiger partial charge in [0.15, 0.2) is 29.8 Å². The molecule has 2 amide bonds. The number of thioether (sulfide) groups is 1. The van der Waals surface area contributed by atoms with Crippen LogP contribution in [-0.2, 0) is 35.3 Å². The Morgan fingerprint density at radius 3 is 2.45 bits per heavy atom. The zero-order chi connectivity index (χ0) is 30.1. The van der Waals surface area contributed by atoms with Gasteiger partial charge in [0.1, 0.15) is 28.4 Å². The lowest BCUT2D eigenvalue weighted by Gasteiger charge is -2.49. The number of ether oxygens (including phenoxy) is 1. The SMILES string of the molecule is CC(C)(C)OC(=O)C(C)(C)ON=C(C(=O)N[C@@H]1C(=O)N2C(C(=O)O)=C(C[n+]3ccccc3)CS[C@H]12)c1csc(N)n1.[OH-]. The van der Waals surface area contributed by atoms with Crippen LogP contribution < -0.4 is 15.6 Å². The zero-order valence-electron chi connectivity index (χ0n) is 23.6. The van der Waals surface area contributed by atoms with Crippen molar-refractivity contribution in [3.05, 3.63) is 52.9 Å². The number of nitrogens with two attached hydrogens (primary N) is 1. The Balaban J connectivity index is 0.00000484. The van der Waals surface area contributed by atoms with Crippen LogP contribution in [0.4, 0.5) is 5.13 Å². The summed E-state index contributed by atoms with van der Waals surface area (Å²) in [7, 11) is 0. The van der Waals surface area contributed by atoms with Gasteiger partial charge in [0.2, 0.25) is 5.60 Å². The maximum Gasteiger partial charge on any atom is 0.353 e. The number of carbonyl (C=O) groups is 4. The molecule has 0 bridgehead atoms. The number of esters is 1. The molecule has 2 aromatic heterocycles. The van der Waals surface area contributed by atoms with Crippen LogP contribution in [0.25, 0.3) is 0 Å². The normalized spacial score (nSPS) is 18.8. The summed E-state index contributed by atoms with van der Waals surface area (Å²) in [6, 6.07) is 4.48. The Bertz CT molecular complexity index is 1430. The number of hydrogen-bond donors (Lipinski definition) is 3. The minimum Gasteiger partial charge on any atom is -0.870 e. The fraction of sp³-hybridized carbons (Fsp3) is 0.423. The number of rotatable bonds is 9. The number of fused-ring (bicyclic) bond motifs is 1. The highest BCUT2D eigenvalue weighted by Crippen LogP contribution is 2.40. The molecule has 4 rings (SSSR count). The molecule has 16 heteroatoms. The Labute approximate surface area is 249 Å². The van der Waals surface area contributed by atoms with Crippen molar-refractivity contribution < 1.29 is 43.9 Å². The van der Waals surface area contributed by atoms with E-state index in [4.69, 9.17) is 15.3 Å². The molecule has 2 aromatic rings. The molecule has 0 radical (unpaired) electrons. The first-order valence-electron chi connectivity index (χ1n) is 12.5. The first-order chi connectivity index (χ1) is 19.2. The molecule has 1 saturated heterocycles. The number of thiazole rings is 1. The smallest absolute Gasteiger partial charge is 0.353 e. The standard InChI is InChI=1S/C26H30N6O7S2.H2O/c1-25(2,3)38-23(37)26(4,5)39-30-16(15-13-41-24(27)28-15)19(33)29-17-20(34)32-18(22(35)36)14(12-40-21(17)32)11-31-9-7-6-8-10-31;/h6-10,13,17,21H,11-12H2,1-5H3,(H3-,27,28,29,33,35,36);1H2/t17-,21-;/m1./s1. The van der Waals surface area contributed by atoms with Crippen molar-refractivity contribution in [3.8, 4) is 0 Å². The number of oxime groups is 1. The van der Waals surface area contributed by atoms with E-state index in [-0.39, 0.29) is 27.7 Å². The van der Waals surface area contributed by atoms with Gasteiger partial charge >= 0.3 is 11.9 Å². The average molecular weight is 621 g/mol. The minimum atomic E-state index is -1.56. The van der Waals surface area contributed by atoms with Crippen molar-refractivity contribution in [2.75, 3.05) is 11.5 Å². The Morgan fingerprint density at radius 2 is 1.88 bits per heavy atom. The quantitative estimate of drug-likeness (QED) is 0.119. The van der Waals surface area contributed by atoms with E-state index in [1.54, 1.807) is 20.8 Å². The second kappa shape index (κ2) is 12.5. The first-order valence-corrected chi connectivity index (χ1v) is 14.5. The topological polar surface area (TPSA) is 207 Å². The molecular formula is C26H32N6O8S2. The Hall–Kier alpha value is -4.02. The molecule has 4 heterocycles. The van der Waals surface area contributed by atoms with Gasteiger partial charge in [-0.25, -0.2) is 19.1 Å². The van der Waals surface area contributed by atoms with E-state index in [1.165, 1.54) is 35.9 Å².